The van der Waals surface area contributed by atoms with Crippen molar-refractivity contribution in [2.45, 2.75) is 25.5 Å². The molecule has 1 fully saturated rings. The predicted octanol–water partition coefficient (Wildman–Crippen LogP) is 4.45. The molecule has 1 aliphatic rings. The van der Waals surface area contributed by atoms with Crippen molar-refractivity contribution in [2.24, 2.45) is 12.8 Å². The number of imidazole rings is 1. The Labute approximate surface area is 285 Å². The van der Waals surface area contributed by atoms with E-state index in [-0.39, 0.29) is 30.3 Å². The van der Waals surface area contributed by atoms with Crippen molar-refractivity contribution in [1.82, 2.24) is 30.4 Å². The van der Waals surface area contributed by atoms with Gasteiger partial charge in [0, 0.05) is 41.2 Å². The second-order valence-corrected chi connectivity index (χ2v) is 14.4. The summed E-state index contributed by atoms with van der Waals surface area (Å²) in [6.45, 7) is 2.52. The Balaban J connectivity index is 0.000000255. The Morgan fingerprint density at radius 2 is 2.00 bits per heavy atom. The van der Waals surface area contributed by atoms with Crippen molar-refractivity contribution in [1.29, 1.82) is 0 Å². The summed E-state index contributed by atoms with van der Waals surface area (Å²) in [5.74, 6) is -0.926. The molecular weight excluding hydrogens is 776 g/mol. The van der Waals surface area contributed by atoms with E-state index in [2.05, 4.69) is 63.0 Å². The van der Waals surface area contributed by atoms with Crippen LogP contribution in [-0.2, 0) is 22.7 Å². The molecule has 4 rings (SSSR count). The van der Waals surface area contributed by atoms with Gasteiger partial charge in [0.05, 0.1) is 12.7 Å². The summed E-state index contributed by atoms with van der Waals surface area (Å²) in [7, 11) is -1.72. The lowest BCUT2D eigenvalue weighted by atomic mass is 10.1. The van der Waals surface area contributed by atoms with Gasteiger partial charge in [0.25, 0.3) is 5.91 Å². The van der Waals surface area contributed by atoms with Gasteiger partial charge in [-0.3, -0.25) is 13.9 Å². The second-order valence-electron chi connectivity index (χ2n) is 9.75. The van der Waals surface area contributed by atoms with Crippen molar-refractivity contribution in [3.8, 4) is 10.4 Å². The fourth-order valence-corrected chi connectivity index (χ4v) is 7.66. The highest BCUT2D eigenvalue weighted by molar-refractivity contribution is 9.09. The van der Waals surface area contributed by atoms with Crippen LogP contribution in [0.25, 0.3) is 10.4 Å². The van der Waals surface area contributed by atoms with Crippen LogP contribution < -0.4 is 31.9 Å². The van der Waals surface area contributed by atoms with E-state index in [0.29, 0.717) is 57.0 Å². The van der Waals surface area contributed by atoms with Gasteiger partial charge in [-0.15, -0.1) is 11.3 Å². The number of benzene rings is 1. The largest absolute Gasteiger partial charge is 0.434 e. The standard InChI is InChI=1S/C17H19FN4O2S.C9H16Br2N5O4P/c18-11-4-1-3-10(7-11)14-8-13(22-17(19)24)15(25-14)16(23)21-12-5-2-6-20-9-12;1-15-8(6-12-9(15)16(17)18)7-20-21(19,13-4-2-10)14-5-3-11/h1,3-4,7-8,12,20H,2,5-6,9H2,(H,21,23)(H3,19,22,24);6H,2-5,7H2,1H3,(H2,13,14,19)/t12-;/m0./s1. The molecule has 1 aliphatic heterocycles. The van der Waals surface area contributed by atoms with Crippen LogP contribution in [0.2, 0.25) is 0 Å². The number of alkyl halides is 2. The summed E-state index contributed by atoms with van der Waals surface area (Å²) >= 11 is 7.65. The van der Waals surface area contributed by atoms with E-state index in [1.807, 2.05) is 0 Å². The third kappa shape index (κ3) is 11.5. The fraction of sp³-hybridized carbons (Fsp3) is 0.423. The van der Waals surface area contributed by atoms with Gasteiger partial charge in [0.1, 0.15) is 29.2 Å². The first-order valence-corrected chi connectivity index (χ1v) is 18.6. The summed E-state index contributed by atoms with van der Waals surface area (Å²) in [5.41, 5.74) is 6.63. The number of amides is 3. The first-order chi connectivity index (χ1) is 22.0. The number of hydrogen-bond donors (Lipinski definition) is 6. The Morgan fingerprint density at radius 3 is 2.57 bits per heavy atom. The molecule has 0 spiro atoms. The Hall–Kier alpha value is -2.77. The molecule has 0 unspecified atom stereocenters. The number of anilines is 1. The van der Waals surface area contributed by atoms with Gasteiger partial charge in [-0.2, -0.15) is 0 Å². The van der Waals surface area contributed by atoms with Crippen molar-refractivity contribution in [3.63, 3.8) is 0 Å². The Morgan fingerprint density at radius 1 is 1.28 bits per heavy atom. The van der Waals surface area contributed by atoms with E-state index in [0.717, 1.165) is 19.4 Å². The third-order valence-corrected chi connectivity index (χ3v) is 10.1. The summed E-state index contributed by atoms with van der Waals surface area (Å²) in [5, 5.41) is 26.2. The molecule has 15 nitrogen and oxygen atoms in total. The van der Waals surface area contributed by atoms with Crippen LogP contribution in [0.3, 0.4) is 0 Å². The molecule has 20 heteroatoms. The molecule has 3 amide bonds. The van der Waals surface area contributed by atoms with E-state index >= 15 is 0 Å². The minimum atomic E-state index is -3.22. The van der Waals surface area contributed by atoms with Crippen molar-refractivity contribution < 1.29 is 28.0 Å². The molecule has 0 aliphatic carbocycles. The van der Waals surface area contributed by atoms with Gasteiger partial charge < -0.3 is 31.8 Å². The van der Waals surface area contributed by atoms with Crippen LogP contribution in [0.4, 0.5) is 20.8 Å². The average molecular weight is 811 g/mol. The molecule has 3 heterocycles. The monoisotopic (exact) mass is 809 g/mol. The van der Waals surface area contributed by atoms with Gasteiger partial charge in [-0.1, -0.05) is 49.0 Å². The first kappa shape index (κ1) is 37.7. The number of thiophene rings is 1. The molecule has 1 aromatic carbocycles. The molecule has 1 atom stereocenters. The maximum absolute atomic E-state index is 13.5. The van der Waals surface area contributed by atoms with Gasteiger partial charge in [0.2, 0.25) is 0 Å². The Bertz CT molecular complexity index is 1530. The molecule has 7 N–H and O–H groups in total. The molecule has 46 heavy (non-hydrogen) atoms. The number of rotatable bonds is 14. The number of carbonyl (C=O) groups excluding carboxylic acids is 2. The molecule has 0 bridgehead atoms. The van der Waals surface area contributed by atoms with Gasteiger partial charge in [-0.25, -0.2) is 23.9 Å². The lowest BCUT2D eigenvalue weighted by Gasteiger charge is -2.23. The quantitative estimate of drug-likeness (QED) is 0.0584. The molecular formula is C26H35Br2FN9O6PS. The number of halogens is 3. The summed E-state index contributed by atoms with van der Waals surface area (Å²) in [6, 6.07) is 7.00. The number of primary amides is 1. The predicted molar refractivity (Wildman–Crippen MR) is 182 cm³/mol. The molecule has 0 radical (unpaired) electrons. The second kappa shape index (κ2) is 18.5. The maximum atomic E-state index is 13.5. The van der Waals surface area contributed by atoms with E-state index in [1.165, 1.54) is 41.3 Å². The highest BCUT2D eigenvalue weighted by Crippen LogP contribution is 2.38. The Kier molecular flexibility index (Phi) is 15.2. The van der Waals surface area contributed by atoms with Crippen LogP contribution in [0.15, 0.2) is 36.5 Å². The highest BCUT2D eigenvalue weighted by atomic mass is 79.9. The number of nitrogens with zero attached hydrogens (tertiary/aromatic N) is 3. The molecule has 3 aromatic rings. The number of aromatic nitrogens is 2. The van der Waals surface area contributed by atoms with Gasteiger partial charge in [0.15, 0.2) is 0 Å². The van der Waals surface area contributed by atoms with Crippen LogP contribution in [-0.4, -0.2) is 69.3 Å². The zero-order valence-electron chi connectivity index (χ0n) is 24.8. The maximum Gasteiger partial charge on any atom is 0.434 e. The number of urea groups is 1. The normalized spacial score (nSPS) is 14.7. The summed E-state index contributed by atoms with van der Waals surface area (Å²) in [4.78, 5) is 38.7. The molecule has 0 saturated carbocycles. The fourth-order valence-electron chi connectivity index (χ4n) is 4.22. The smallest absolute Gasteiger partial charge is 0.390 e. The van der Waals surface area contributed by atoms with E-state index in [1.54, 1.807) is 18.2 Å². The number of nitro groups is 1. The van der Waals surface area contributed by atoms with Crippen LogP contribution >= 0.6 is 50.9 Å². The van der Waals surface area contributed by atoms with Gasteiger partial charge in [-0.05, 0) is 48.1 Å². The first-order valence-electron chi connectivity index (χ1n) is 14.0. The van der Waals surface area contributed by atoms with E-state index < -0.39 is 18.6 Å². The lowest BCUT2D eigenvalue weighted by molar-refractivity contribution is -0.396. The van der Waals surface area contributed by atoms with E-state index in [9.17, 15) is 28.7 Å². The lowest BCUT2D eigenvalue weighted by Crippen LogP contribution is -2.45. The summed E-state index contributed by atoms with van der Waals surface area (Å²) < 4.78 is 32.7. The zero-order chi connectivity index (χ0) is 33.7. The van der Waals surface area contributed by atoms with Crippen molar-refractivity contribution in [3.05, 3.63) is 63.0 Å². The van der Waals surface area contributed by atoms with Gasteiger partial charge >= 0.3 is 19.6 Å². The number of hydrogen-bond acceptors (Lipinski definition) is 9. The minimum absolute atomic E-state index is 0.0439. The number of piperidine rings is 1. The minimum Gasteiger partial charge on any atom is -0.390 e. The van der Waals surface area contributed by atoms with E-state index in [4.69, 9.17) is 10.3 Å². The summed E-state index contributed by atoms with van der Waals surface area (Å²) in [6.07, 6.45) is 3.23. The number of nitrogens with one attached hydrogen (secondary N) is 5. The van der Waals surface area contributed by atoms with Crippen molar-refractivity contribution in [2.75, 3.05) is 42.2 Å². The SMILES string of the molecule is Cn1c(COP(=O)(NCCBr)NCCBr)cnc1[N+](=O)[O-].NC(=O)Nc1cc(-c2cccc(F)c2)sc1C(=O)N[C@H]1CCCNC1. The molecule has 2 aromatic heterocycles. The third-order valence-electron chi connectivity index (χ3n) is 6.38. The van der Waals surface area contributed by atoms with Crippen LogP contribution in [0.5, 0.6) is 0 Å². The average Bonchev–Trinajstić information content (AvgIpc) is 3.62. The topological polar surface area (TPSA) is 208 Å². The number of carbonyl (C=O) groups is 2. The van der Waals surface area contributed by atoms with Crippen molar-refractivity contribution >= 4 is 74.4 Å². The highest BCUT2D eigenvalue weighted by Gasteiger charge is 2.25. The van der Waals surface area contributed by atoms with Crippen LogP contribution in [0.1, 0.15) is 28.2 Å². The zero-order valence-corrected chi connectivity index (χ0v) is 29.6. The molecule has 1 saturated heterocycles. The number of nitrogens with two attached hydrogens (primary N) is 1. The van der Waals surface area contributed by atoms with Crippen LogP contribution in [0, 0.1) is 15.9 Å². The molecule has 252 valence electrons.